The number of aromatic nitrogens is 2. The third-order valence-electron chi connectivity index (χ3n) is 3.94. The van der Waals surface area contributed by atoms with E-state index < -0.39 is 12.2 Å². The summed E-state index contributed by atoms with van der Waals surface area (Å²) in [5.74, 6) is 1.71. The summed E-state index contributed by atoms with van der Waals surface area (Å²) in [4.78, 5) is 12.6. The molecule has 0 aliphatic carbocycles. The molecular weight excluding hydrogens is 382 g/mol. The third kappa shape index (κ3) is 4.23. The van der Waals surface area contributed by atoms with Crippen LogP contribution in [0.1, 0.15) is 12.5 Å². The number of benzene rings is 2. The van der Waals surface area contributed by atoms with Crippen LogP contribution in [0, 0.1) is 0 Å². The summed E-state index contributed by atoms with van der Waals surface area (Å²) in [6.07, 6.45) is -1.15. The van der Waals surface area contributed by atoms with Crippen LogP contribution in [-0.4, -0.2) is 28.3 Å². The number of nitrogens with one attached hydrogen (secondary N) is 1. The molecule has 0 saturated heterocycles. The molecule has 0 saturated carbocycles. The van der Waals surface area contributed by atoms with E-state index in [9.17, 15) is 4.79 Å². The third-order valence-corrected chi connectivity index (χ3v) is 5.99. The molecule has 0 radical (unpaired) electrons. The van der Waals surface area contributed by atoms with Gasteiger partial charge >= 0.3 is 0 Å². The lowest BCUT2D eigenvalue weighted by Gasteiger charge is -2.30. The van der Waals surface area contributed by atoms with Crippen LogP contribution < -0.4 is 14.8 Å². The number of carbonyl (C=O) groups is 1. The number of anilines is 1. The van der Waals surface area contributed by atoms with Crippen molar-refractivity contribution in [1.29, 1.82) is 0 Å². The van der Waals surface area contributed by atoms with Crippen LogP contribution >= 0.6 is 23.1 Å². The zero-order valence-electron chi connectivity index (χ0n) is 14.5. The van der Waals surface area contributed by atoms with Crippen molar-refractivity contribution in [3.63, 3.8) is 0 Å². The van der Waals surface area contributed by atoms with Crippen molar-refractivity contribution < 1.29 is 14.3 Å². The van der Waals surface area contributed by atoms with E-state index in [1.807, 2.05) is 36.4 Å². The number of carbonyl (C=O) groups excluding carboxylic acids is 1. The van der Waals surface area contributed by atoms with Crippen molar-refractivity contribution in [3.8, 4) is 11.5 Å². The highest BCUT2D eigenvalue weighted by Crippen LogP contribution is 2.34. The van der Waals surface area contributed by atoms with Crippen molar-refractivity contribution in [2.45, 2.75) is 29.2 Å². The van der Waals surface area contributed by atoms with Gasteiger partial charge in [0.1, 0.15) is 6.10 Å². The lowest BCUT2D eigenvalue weighted by atomic mass is 10.1. The van der Waals surface area contributed by atoms with E-state index in [-0.39, 0.29) is 5.91 Å². The van der Waals surface area contributed by atoms with Gasteiger partial charge in [0.15, 0.2) is 15.8 Å². The molecule has 6 nitrogen and oxygen atoms in total. The first kappa shape index (κ1) is 17.8. The van der Waals surface area contributed by atoms with Crippen LogP contribution in [0.2, 0.25) is 0 Å². The van der Waals surface area contributed by atoms with Gasteiger partial charge in [0.05, 0.1) is 0 Å². The minimum absolute atomic E-state index is 0.298. The molecule has 1 N–H and O–H groups in total. The fourth-order valence-electron chi connectivity index (χ4n) is 2.62. The van der Waals surface area contributed by atoms with Crippen molar-refractivity contribution >= 4 is 34.1 Å². The summed E-state index contributed by atoms with van der Waals surface area (Å²) in [7, 11) is 0. The highest BCUT2D eigenvalue weighted by molar-refractivity contribution is 8.00. The molecule has 0 spiro atoms. The Hall–Kier alpha value is -2.58. The number of thioether (sulfide) groups is 1. The first-order chi connectivity index (χ1) is 13.2. The van der Waals surface area contributed by atoms with Gasteiger partial charge in [0.2, 0.25) is 11.2 Å². The molecule has 8 heteroatoms. The Morgan fingerprint density at radius 2 is 1.78 bits per heavy atom. The summed E-state index contributed by atoms with van der Waals surface area (Å²) < 4.78 is 12.4. The molecule has 0 unspecified atom stereocenters. The molecule has 2 heterocycles. The molecule has 3 aromatic rings. The Labute approximate surface area is 164 Å². The van der Waals surface area contributed by atoms with Crippen LogP contribution in [0.15, 0.2) is 58.9 Å². The average molecular weight is 399 g/mol. The maximum absolute atomic E-state index is 12.6. The lowest BCUT2D eigenvalue weighted by molar-refractivity contribution is -0.128. The predicted octanol–water partition coefficient (Wildman–Crippen LogP) is 4.00. The molecule has 0 fully saturated rings. The highest BCUT2D eigenvalue weighted by atomic mass is 32.2. The molecule has 1 aromatic heterocycles. The summed E-state index contributed by atoms with van der Waals surface area (Å²) in [6, 6.07) is 17.4. The maximum Gasteiger partial charge on any atom is 0.271 e. The zero-order valence-corrected chi connectivity index (χ0v) is 16.1. The Balaban J connectivity index is 1.37. The van der Waals surface area contributed by atoms with Gasteiger partial charge in [0.25, 0.3) is 5.91 Å². The lowest BCUT2D eigenvalue weighted by Crippen LogP contribution is -2.46. The normalized spacial score (nSPS) is 18.1. The van der Waals surface area contributed by atoms with E-state index in [4.69, 9.17) is 9.47 Å². The zero-order chi connectivity index (χ0) is 18.6. The number of amides is 1. The monoisotopic (exact) mass is 399 g/mol. The van der Waals surface area contributed by atoms with Crippen LogP contribution in [0.25, 0.3) is 0 Å². The number of rotatable bonds is 5. The van der Waals surface area contributed by atoms with E-state index in [0.29, 0.717) is 16.6 Å². The molecule has 1 aliphatic rings. The number of para-hydroxylation sites is 2. The number of fused-ring (bicyclic) bond motifs is 1. The molecular formula is C19H17N3O3S2. The van der Waals surface area contributed by atoms with Gasteiger partial charge < -0.3 is 9.47 Å². The highest BCUT2D eigenvalue weighted by Gasteiger charge is 2.34. The van der Waals surface area contributed by atoms with E-state index in [1.165, 1.54) is 16.9 Å². The number of ether oxygens (including phenoxy) is 2. The number of hydrogen-bond acceptors (Lipinski definition) is 7. The van der Waals surface area contributed by atoms with Crippen LogP contribution in [0.3, 0.4) is 0 Å². The summed E-state index contributed by atoms with van der Waals surface area (Å²) in [5, 5.41) is 11.4. The fraction of sp³-hybridized carbons (Fsp3) is 0.211. The van der Waals surface area contributed by atoms with Gasteiger partial charge in [-0.05, 0) is 24.6 Å². The summed E-state index contributed by atoms with van der Waals surface area (Å²) in [5.41, 5.74) is 1.21. The van der Waals surface area contributed by atoms with E-state index in [0.717, 1.165) is 10.1 Å². The van der Waals surface area contributed by atoms with Crippen LogP contribution in [0.4, 0.5) is 5.13 Å². The predicted molar refractivity (Wildman–Crippen MR) is 105 cm³/mol. The maximum atomic E-state index is 12.6. The smallest absolute Gasteiger partial charge is 0.271 e. The van der Waals surface area contributed by atoms with Gasteiger partial charge in [-0.15, -0.1) is 10.2 Å². The van der Waals surface area contributed by atoms with Crippen molar-refractivity contribution in [2.24, 2.45) is 0 Å². The second-order valence-electron chi connectivity index (χ2n) is 5.94. The largest absolute Gasteiger partial charge is 0.482 e. The number of hydrogen-bond donors (Lipinski definition) is 1. The molecule has 2 atom stereocenters. The van der Waals surface area contributed by atoms with Gasteiger partial charge in [-0.2, -0.15) is 0 Å². The van der Waals surface area contributed by atoms with E-state index >= 15 is 0 Å². The van der Waals surface area contributed by atoms with Gasteiger partial charge in [-0.1, -0.05) is 65.6 Å². The second kappa shape index (κ2) is 7.98. The van der Waals surface area contributed by atoms with Gasteiger partial charge in [-0.3, -0.25) is 10.1 Å². The second-order valence-corrected chi connectivity index (χ2v) is 8.14. The molecule has 0 bridgehead atoms. The molecule has 1 aliphatic heterocycles. The first-order valence-corrected chi connectivity index (χ1v) is 10.2. The standard InChI is InChI=1S/C19H17N3O3S2/c1-12-16(25-15-10-6-5-9-14(15)24-12)17(23)20-18-21-22-19(27-18)26-11-13-7-3-2-4-8-13/h2-10,12,16H,11H2,1H3,(H,20,21,23)/t12-,16+/m0/s1. The molecule has 4 rings (SSSR count). The summed E-state index contributed by atoms with van der Waals surface area (Å²) >= 11 is 2.93. The summed E-state index contributed by atoms with van der Waals surface area (Å²) in [6.45, 7) is 1.81. The Kier molecular flexibility index (Phi) is 5.26. The van der Waals surface area contributed by atoms with Crippen molar-refractivity contribution in [2.75, 3.05) is 5.32 Å². The van der Waals surface area contributed by atoms with E-state index in [1.54, 1.807) is 24.8 Å². The van der Waals surface area contributed by atoms with Crippen LogP contribution in [0.5, 0.6) is 11.5 Å². The topological polar surface area (TPSA) is 73.3 Å². The SMILES string of the molecule is C[C@@H]1Oc2ccccc2O[C@H]1C(=O)Nc1nnc(SCc2ccccc2)s1. The molecule has 1 amide bonds. The Morgan fingerprint density at radius 1 is 1.07 bits per heavy atom. The van der Waals surface area contributed by atoms with Gasteiger partial charge in [-0.25, -0.2) is 0 Å². The quantitative estimate of drug-likeness (QED) is 0.516. The van der Waals surface area contributed by atoms with Crippen molar-refractivity contribution in [1.82, 2.24) is 10.2 Å². The minimum Gasteiger partial charge on any atom is -0.482 e. The first-order valence-electron chi connectivity index (χ1n) is 8.42. The average Bonchev–Trinajstić information content (AvgIpc) is 3.14. The van der Waals surface area contributed by atoms with Gasteiger partial charge in [0, 0.05) is 5.75 Å². The molecule has 138 valence electrons. The molecule has 2 aromatic carbocycles. The number of nitrogens with zero attached hydrogens (tertiary/aromatic N) is 2. The van der Waals surface area contributed by atoms with Crippen molar-refractivity contribution in [3.05, 3.63) is 60.2 Å². The fourth-order valence-corrected chi connectivity index (χ4v) is 4.33. The Morgan fingerprint density at radius 3 is 2.56 bits per heavy atom. The minimum atomic E-state index is -0.746. The molecule has 27 heavy (non-hydrogen) atoms. The Bertz CT molecular complexity index is 933. The van der Waals surface area contributed by atoms with E-state index in [2.05, 4.69) is 27.6 Å². The van der Waals surface area contributed by atoms with Crippen LogP contribution in [-0.2, 0) is 10.5 Å².